The normalized spacial score (nSPS) is 16.6. The third-order valence-electron chi connectivity index (χ3n) is 9.40. The molecule has 1 fully saturated rings. The molecule has 45 heavy (non-hydrogen) atoms. The van der Waals surface area contributed by atoms with Crippen molar-refractivity contribution in [1.29, 1.82) is 0 Å². The van der Waals surface area contributed by atoms with Crippen molar-refractivity contribution in [3.63, 3.8) is 0 Å². The molecule has 2 amide bonds. The standard InChI is InChI=1S/C39H40N2O4/c42-37(43)22-23-40-38(44)30-16-14-26(15-17-30)24-35(29-20-18-28(19-21-29)27-8-2-1-3-9-27)39(45)41-36-25-31-10-4-5-11-32(31)33-12-6-7-13-34(33)36/h4-7,10-21,27,35-36H,1-3,8-9,22-25H2,(H,40,44)(H,41,45)(H,42,43). The van der Waals surface area contributed by atoms with E-state index in [1.165, 1.54) is 48.8 Å². The molecule has 4 aromatic carbocycles. The molecule has 2 unspecified atom stereocenters. The van der Waals surface area contributed by atoms with Crippen LogP contribution in [0.1, 0.15) is 94.6 Å². The van der Waals surface area contributed by atoms with Crippen LogP contribution in [-0.4, -0.2) is 29.4 Å². The Balaban J connectivity index is 1.24. The van der Waals surface area contributed by atoms with E-state index in [-0.39, 0.29) is 30.8 Å². The number of carboxylic acid groups (broad SMARTS) is 1. The molecular formula is C39H40N2O4. The van der Waals surface area contributed by atoms with Gasteiger partial charge in [0, 0.05) is 12.1 Å². The number of amides is 2. The van der Waals surface area contributed by atoms with Gasteiger partial charge in [-0.3, -0.25) is 14.4 Å². The number of carbonyl (C=O) groups is 3. The zero-order valence-corrected chi connectivity index (χ0v) is 25.5. The predicted octanol–water partition coefficient (Wildman–Crippen LogP) is 7.35. The molecule has 0 saturated heterocycles. The van der Waals surface area contributed by atoms with E-state index in [1.54, 1.807) is 12.1 Å². The molecular weight excluding hydrogens is 560 g/mol. The minimum absolute atomic E-state index is 0.0184. The van der Waals surface area contributed by atoms with E-state index in [2.05, 4.69) is 71.3 Å². The van der Waals surface area contributed by atoms with Gasteiger partial charge >= 0.3 is 5.97 Å². The maximum absolute atomic E-state index is 14.2. The van der Waals surface area contributed by atoms with Gasteiger partial charge in [-0.25, -0.2) is 0 Å². The number of carboxylic acids is 1. The molecule has 0 aromatic heterocycles. The Morgan fingerprint density at radius 1 is 0.778 bits per heavy atom. The first-order valence-electron chi connectivity index (χ1n) is 16.1. The van der Waals surface area contributed by atoms with Gasteiger partial charge in [0.25, 0.3) is 5.91 Å². The van der Waals surface area contributed by atoms with Gasteiger partial charge in [-0.15, -0.1) is 0 Å². The van der Waals surface area contributed by atoms with Gasteiger partial charge in [0.2, 0.25) is 5.91 Å². The molecule has 1 saturated carbocycles. The first kappa shape index (κ1) is 30.3. The van der Waals surface area contributed by atoms with Gasteiger partial charge in [0.05, 0.1) is 18.4 Å². The average Bonchev–Trinajstić information content (AvgIpc) is 3.08. The Labute approximate surface area is 264 Å². The quantitative estimate of drug-likeness (QED) is 0.177. The fourth-order valence-corrected chi connectivity index (χ4v) is 6.95. The van der Waals surface area contributed by atoms with Gasteiger partial charge in [-0.2, -0.15) is 0 Å². The highest BCUT2D eigenvalue weighted by Crippen LogP contribution is 2.39. The maximum atomic E-state index is 14.2. The van der Waals surface area contributed by atoms with Gasteiger partial charge in [0.15, 0.2) is 0 Å². The smallest absolute Gasteiger partial charge is 0.305 e. The highest BCUT2D eigenvalue weighted by Gasteiger charge is 2.29. The molecule has 3 N–H and O–H groups in total. The molecule has 0 bridgehead atoms. The summed E-state index contributed by atoms with van der Waals surface area (Å²) in [6, 6.07) is 32.5. The van der Waals surface area contributed by atoms with Crippen molar-refractivity contribution in [3.8, 4) is 11.1 Å². The Morgan fingerprint density at radius 2 is 1.47 bits per heavy atom. The zero-order chi connectivity index (χ0) is 31.2. The molecule has 6 rings (SSSR count). The van der Waals surface area contributed by atoms with Gasteiger partial charge in [-0.05, 0) is 82.7 Å². The lowest BCUT2D eigenvalue weighted by atomic mass is 9.81. The SMILES string of the molecule is O=C(O)CCNC(=O)c1ccc(CC(C(=O)NC2Cc3ccccc3-c3ccccc32)c2ccc(C3CCCCC3)cc2)cc1. The van der Waals surface area contributed by atoms with Gasteiger partial charge < -0.3 is 15.7 Å². The first-order valence-corrected chi connectivity index (χ1v) is 16.1. The summed E-state index contributed by atoms with van der Waals surface area (Å²) in [7, 11) is 0. The fraction of sp³-hybridized carbons (Fsp3) is 0.308. The lowest BCUT2D eigenvalue weighted by Crippen LogP contribution is -2.36. The zero-order valence-electron chi connectivity index (χ0n) is 25.5. The summed E-state index contributed by atoms with van der Waals surface area (Å²) in [6.07, 6.45) is 7.40. The Bertz CT molecular complexity index is 1660. The Kier molecular flexibility index (Phi) is 9.39. The van der Waals surface area contributed by atoms with Crippen molar-refractivity contribution in [3.05, 3.63) is 130 Å². The second-order valence-corrected chi connectivity index (χ2v) is 12.4. The fourth-order valence-electron chi connectivity index (χ4n) is 6.95. The minimum Gasteiger partial charge on any atom is -0.481 e. The van der Waals surface area contributed by atoms with Crippen LogP contribution in [0.15, 0.2) is 97.1 Å². The van der Waals surface area contributed by atoms with Crippen LogP contribution in [0.25, 0.3) is 11.1 Å². The lowest BCUT2D eigenvalue weighted by molar-refractivity contribution is -0.136. The van der Waals surface area contributed by atoms with Crippen LogP contribution < -0.4 is 10.6 Å². The van der Waals surface area contributed by atoms with Crippen LogP contribution in [0.2, 0.25) is 0 Å². The second-order valence-electron chi connectivity index (χ2n) is 12.4. The summed E-state index contributed by atoms with van der Waals surface area (Å²) < 4.78 is 0. The lowest BCUT2D eigenvalue weighted by Gasteiger charge is -2.30. The van der Waals surface area contributed by atoms with Crippen molar-refractivity contribution >= 4 is 17.8 Å². The third kappa shape index (κ3) is 7.17. The molecule has 2 atom stereocenters. The van der Waals surface area contributed by atoms with E-state index in [9.17, 15) is 14.4 Å². The van der Waals surface area contributed by atoms with E-state index in [0.717, 1.165) is 28.7 Å². The van der Waals surface area contributed by atoms with Crippen LogP contribution in [-0.2, 0) is 22.4 Å². The van der Waals surface area contributed by atoms with E-state index < -0.39 is 11.9 Å². The minimum atomic E-state index is -0.956. The van der Waals surface area contributed by atoms with Crippen LogP contribution in [0.3, 0.4) is 0 Å². The molecule has 0 aliphatic heterocycles. The monoisotopic (exact) mass is 600 g/mol. The number of fused-ring (bicyclic) bond motifs is 3. The molecule has 2 aliphatic carbocycles. The van der Waals surface area contributed by atoms with Crippen LogP contribution in [0.4, 0.5) is 0 Å². The summed E-state index contributed by atoms with van der Waals surface area (Å²) in [6.45, 7) is 0.0732. The van der Waals surface area contributed by atoms with Gasteiger partial charge in [0.1, 0.15) is 0 Å². The topological polar surface area (TPSA) is 95.5 Å². The molecule has 230 valence electrons. The van der Waals surface area contributed by atoms with Crippen LogP contribution in [0, 0.1) is 0 Å². The molecule has 0 heterocycles. The van der Waals surface area contributed by atoms with Crippen molar-refractivity contribution in [2.45, 2.75) is 69.2 Å². The summed E-state index contributed by atoms with van der Waals surface area (Å²) in [5.74, 6) is -1.11. The van der Waals surface area contributed by atoms with Crippen molar-refractivity contribution in [2.24, 2.45) is 0 Å². The van der Waals surface area contributed by atoms with Crippen LogP contribution >= 0.6 is 0 Å². The summed E-state index contributed by atoms with van der Waals surface area (Å²) in [5.41, 5.74) is 8.49. The number of hydrogen-bond donors (Lipinski definition) is 3. The van der Waals surface area contributed by atoms with Crippen LogP contribution in [0.5, 0.6) is 0 Å². The molecule has 0 radical (unpaired) electrons. The maximum Gasteiger partial charge on any atom is 0.305 e. The van der Waals surface area contributed by atoms with E-state index >= 15 is 0 Å². The number of hydrogen-bond acceptors (Lipinski definition) is 3. The summed E-state index contributed by atoms with van der Waals surface area (Å²) in [4.78, 5) is 37.5. The first-order chi connectivity index (χ1) is 22.0. The number of carbonyl (C=O) groups excluding carboxylic acids is 2. The molecule has 6 nitrogen and oxygen atoms in total. The van der Waals surface area contributed by atoms with E-state index in [4.69, 9.17) is 5.11 Å². The number of rotatable bonds is 10. The number of benzene rings is 4. The van der Waals surface area contributed by atoms with Crippen molar-refractivity contribution < 1.29 is 19.5 Å². The predicted molar refractivity (Wildman–Crippen MR) is 176 cm³/mol. The Morgan fingerprint density at radius 3 is 2.20 bits per heavy atom. The highest BCUT2D eigenvalue weighted by atomic mass is 16.4. The molecule has 2 aliphatic rings. The number of aliphatic carboxylic acids is 1. The number of nitrogens with one attached hydrogen (secondary N) is 2. The van der Waals surface area contributed by atoms with Crippen molar-refractivity contribution in [2.75, 3.05) is 6.54 Å². The third-order valence-corrected chi connectivity index (χ3v) is 9.40. The largest absolute Gasteiger partial charge is 0.481 e. The molecule has 6 heteroatoms. The summed E-state index contributed by atoms with van der Waals surface area (Å²) in [5, 5.41) is 14.9. The van der Waals surface area contributed by atoms with Gasteiger partial charge in [-0.1, -0.05) is 104 Å². The molecule has 4 aromatic rings. The molecule has 0 spiro atoms. The average molecular weight is 601 g/mol. The summed E-state index contributed by atoms with van der Waals surface area (Å²) >= 11 is 0. The van der Waals surface area contributed by atoms with E-state index in [0.29, 0.717) is 17.9 Å². The van der Waals surface area contributed by atoms with Crippen molar-refractivity contribution in [1.82, 2.24) is 10.6 Å². The van der Waals surface area contributed by atoms with E-state index in [1.807, 2.05) is 24.3 Å². The Hall–Kier alpha value is -4.71. The second kappa shape index (κ2) is 13.9. The highest BCUT2D eigenvalue weighted by molar-refractivity contribution is 5.94.